The second kappa shape index (κ2) is 8.43. The van der Waals surface area contributed by atoms with Gasteiger partial charge in [-0.05, 0) is 55.3 Å². The SMILES string of the molecule is Cc1ccc(C(C)C)c(OCCNCC2CCCCC2)c1. The summed E-state index contributed by atoms with van der Waals surface area (Å²) in [5.74, 6) is 2.46. The highest BCUT2D eigenvalue weighted by atomic mass is 16.5. The van der Waals surface area contributed by atoms with Gasteiger partial charge in [-0.3, -0.25) is 0 Å². The summed E-state index contributed by atoms with van der Waals surface area (Å²) in [5, 5.41) is 3.56. The predicted molar refractivity (Wildman–Crippen MR) is 90.2 cm³/mol. The minimum Gasteiger partial charge on any atom is -0.492 e. The van der Waals surface area contributed by atoms with Gasteiger partial charge in [0.15, 0.2) is 0 Å². The predicted octanol–water partition coefficient (Wildman–Crippen LogP) is 4.67. The standard InChI is InChI=1S/C19H31NO/c1-15(2)18-10-9-16(3)13-19(18)21-12-11-20-14-17-7-5-4-6-8-17/h9-10,13,15,17,20H,4-8,11-12,14H2,1-3H3. The minimum absolute atomic E-state index is 0.510. The summed E-state index contributed by atoms with van der Waals surface area (Å²) < 4.78 is 6.01. The lowest BCUT2D eigenvalue weighted by Crippen LogP contribution is -2.28. The topological polar surface area (TPSA) is 21.3 Å². The van der Waals surface area contributed by atoms with Crippen molar-refractivity contribution in [1.82, 2.24) is 5.32 Å². The molecule has 21 heavy (non-hydrogen) atoms. The molecule has 1 aromatic carbocycles. The lowest BCUT2D eigenvalue weighted by molar-refractivity contribution is 0.292. The maximum Gasteiger partial charge on any atom is 0.123 e. The van der Waals surface area contributed by atoms with Crippen LogP contribution in [0.5, 0.6) is 5.75 Å². The number of aryl methyl sites for hydroxylation is 1. The normalized spacial score (nSPS) is 16.4. The van der Waals surface area contributed by atoms with E-state index in [1.807, 2.05) is 0 Å². The molecule has 2 nitrogen and oxygen atoms in total. The summed E-state index contributed by atoms with van der Waals surface area (Å²) in [7, 11) is 0. The summed E-state index contributed by atoms with van der Waals surface area (Å²) >= 11 is 0. The van der Waals surface area contributed by atoms with Crippen LogP contribution < -0.4 is 10.1 Å². The zero-order valence-corrected chi connectivity index (χ0v) is 14.0. The molecule has 2 heteroatoms. The summed E-state index contributed by atoms with van der Waals surface area (Å²) in [5.41, 5.74) is 2.58. The third kappa shape index (κ3) is 5.35. The lowest BCUT2D eigenvalue weighted by atomic mass is 9.89. The molecule has 0 atom stereocenters. The first-order chi connectivity index (χ1) is 10.2. The van der Waals surface area contributed by atoms with Crippen molar-refractivity contribution in [3.05, 3.63) is 29.3 Å². The average molecular weight is 289 g/mol. The van der Waals surface area contributed by atoms with Crippen LogP contribution in [0.25, 0.3) is 0 Å². The molecule has 0 amide bonds. The van der Waals surface area contributed by atoms with E-state index in [1.54, 1.807) is 0 Å². The largest absolute Gasteiger partial charge is 0.492 e. The van der Waals surface area contributed by atoms with E-state index in [4.69, 9.17) is 4.74 Å². The monoisotopic (exact) mass is 289 g/mol. The molecule has 1 aliphatic carbocycles. The van der Waals surface area contributed by atoms with Crippen LogP contribution in [0.1, 0.15) is 63.0 Å². The van der Waals surface area contributed by atoms with E-state index in [-0.39, 0.29) is 0 Å². The third-order valence-electron chi connectivity index (χ3n) is 4.49. The molecule has 0 aliphatic heterocycles. The molecule has 0 unspecified atom stereocenters. The first kappa shape index (κ1) is 16.4. The van der Waals surface area contributed by atoms with E-state index in [0.717, 1.165) is 31.4 Å². The molecular formula is C19H31NO. The van der Waals surface area contributed by atoms with Crippen molar-refractivity contribution < 1.29 is 4.74 Å². The molecule has 2 rings (SSSR count). The summed E-state index contributed by atoms with van der Waals surface area (Å²) in [6.45, 7) is 9.43. The molecule has 0 radical (unpaired) electrons. The van der Waals surface area contributed by atoms with E-state index < -0.39 is 0 Å². The Balaban J connectivity index is 1.71. The van der Waals surface area contributed by atoms with Crippen molar-refractivity contribution >= 4 is 0 Å². The van der Waals surface area contributed by atoms with Crippen LogP contribution in [-0.4, -0.2) is 19.7 Å². The lowest BCUT2D eigenvalue weighted by Gasteiger charge is -2.22. The molecule has 1 N–H and O–H groups in total. The van der Waals surface area contributed by atoms with E-state index in [1.165, 1.54) is 43.2 Å². The maximum absolute atomic E-state index is 6.01. The molecule has 1 fully saturated rings. The Morgan fingerprint density at radius 3 is 2.67 bits per heavy atom. The molecule has 1 aliphatic rings. The van der Waals surface area contributed by atoms with Crippen molar-refractivity contribution in [3.8, 4) is 5.75 Å². The first-order valence-corrected chi connectivity index (χ1v) is 8.61. The Bertz CT molecular complexity index is 422. The van der Waals surface area contributed by atoms with Crippen LogP contribution >= 0.6 is 0 Å². The van der Waals surface area contributed by atoms with E-state index in [2.05, 4.69) is 44.3 Å². The van der Waals surface area contributed by atoms with Gasteiger partial charge in [0.1, 0.15) is 12.4 Å². The zero-order chi connectivity index (χ0) is 15.1. The van der Waals surface area contributed by atoms with Crippen molar-refractivity contribution in [3.63, 3.8) is 0 Å². The van der Waals surface area contributed by atoms with Crippen molar-refractivity contribution in [2.75, 3.05) is 19.7 Å². The van der Waals surface area contributed by atoms with Crippen LogP contribution in [0.3, 0.4) is 0 Å². The molecule has 0 saturated heterocycles. The highest BCUT2D eigenvalue weighted by Gasteiger charge is 2.12. The summed E-state index contributed by atoms with van der Waals surface area (Å²) in [6, 6.07) is 6.53. The Morgan fingerprint density at radius 1 is 1.19 bits per heavy atom. The summed E-state index contributed by atoms with van der Waals surface area (Å²) in [6.07, 6.45) is 7.09. The first-order valence-electron chi connectivity index (χ1n) is 8.61. The fourth-order valence-corrected chi connectivity index (χ4v) is 3.17. The van der Waals surface area contributed by atoms with E-state index >= 15 is 0 Å². The zero-order valence-electron chi connectivity index (χ0n) is 14.0. The smallest absolute Gasteiger partial charge is 0.123 e. The number of benzene rings is 1. The summed E-state index contributed by atoms with van der Waals surface area (Å²) in [4.78, 5) is 0. The Kier molecular flexibility index (Phi) is 6.56. The fraction of sp³-hybridized carbons (Fsp3) is 0.684. The van der Waals surface area contributed by atoms with Crippen LogP contribution in [0.4, 0.5) is 0 Å². The van der Waals surface area contributed by atoms with Gasteiger partial charge in [-0.15, -0.1) is 0 Å². The molecule has 0 spiro atoms. The number of hydrogen-bond donors (Lipinski definition) is 1. The van der Waals surface area contributed by atoms with Crippen molar-refractivity contribution in [2.45, 2.75) is 58.8 Å². The van der Waals surface area contributed by atoms with Crippen LogP contribution in [0, 0.1) is 12.8 Å². The van der Waals surface area contributed by atoms with Crippen LogP contribution in [-0.2, 0) is 0 Å². The third-order valence-corrected chi connectivity index (χ3v) is 4.49. The van der Waals surface area contributed by atoms with Gasteiger partial charge in [-0.2, -0.15) is 0 Å². The molecule has 1 aromatic rings. The van der Waals surface area contributed by atoms with Gasteiger partial charge in [0.05, 0.1) is 0 Å². The van der Waals surface area contributed by atoms with Crippen molar-refractivity contribution in [2.24, 2.45) is 5.92 Å². The van der Waals surface area contributed by atoms with Gasteiger partial charge in [0.2, 0.25) is 0 Å². The van der Waals surface area contributed by atoms with Gasteiger partial charge in [-0.1, -0.05) is 45.2 Å². The molecule has 0 aromatic heterocycles. The van der Waals surface area contributed by atoms with E-state index in [0.29, 0.717) is 5.92 Å². The van der Waals surface area contributed by atoms with Crippen molar-refractivity contribution in [1.29, 1.82) is 0 Å². The van der Waals surface area contributed by atoms with Gasteiger partial charge in [0, 0.05) is 6.54 Å². The van der Waals surface area contributed by atoms with Gasteiger partial charge in [-0.25, -0.2) is 0 Å². The average Bonchev–Trinajstić information content (AvgIpc) is 2.48. The second-order valence-corrected chi connectivity index (χ2v) is 6.75. The molecule has 1 saturated carbocycles. The molecule has 0 bridgehead atoms. The number of ether oxygens (including phenoxy) is 1. The number of rotatable bonds is 7. The minimum atomic E-state index is 0.510. The number of nitrogens with one attached hydrogen (secondary N) is 1. The Morgan fingerprint density at radius 2 is 1.95 bits per heavy atom. The number of hydrogen-bond acceptors (Lipinski definition) is 2. The molecular weight excluding hydrogens is 258 g/mol. The Labute approximate surface area is 130 Å². The highest BCUT2D eigenvalue weighted by molar-refractivity contribution is 5.39. The van der Waals surface area contributed by atoms with Crippen LogP contribution in [0.2, 0.25) is 0 Å². The fourth-order valence-electron chi connectivity index (χ4n) is 3.17. The maximum atomic E-state index is 6.01. The van der Waals surface area contributed by atoms with Gasteiger partial charge >= 0.3 is 0 Å². The molecule has 118 valence electrons. The Hall–Kier alpha value is -1.02. The highest BCUT2D eigenvalue weighted by Crippen LogP contribution is 2.27. The molecule has 0 heterocycles. The van der Waals surface area contributed by atoms with Gasteiger partial charge < -0.3 is 10.1 Å². The van der Waals surface area contributed by atoms with E-state index in [9.17, 15) is 0 Å². The van der Waals surface area contributed by atoms with Crippen LogP contribution in [0.15, 0.2) is 18.2 Å². The second-order valence-electron chi connectivity index (χ2n) is 6.75. The van der Waals surface area contributed by atoms with Gasteiger partial charge in [0.25, 0.3) is 0 Å². The quantitative estimate of drug-likeness (QED) is 0.737.